The van der Waals surface area contributed by atoms with Gasteiger partial charge in [-0.1, -0.05) is 28.1 Å². The van der Waals surface area contributed by atoms with E-state index in [-0.39, 0.29) is 11.8 Å². The van der Waals surface area contributed by atoms with Crippen LogP contribution in [0.4, 0.5) is 5.69 Å². The fourth-order valence-electron chi connectivity index (χ4n) is 3.01. The van der Waals surface area contributed by atoms with Crippen molar-refractivity contribution in [2.24, 2.45) is 0 Å². The lowest BCUT2D eigenvalue weighted by Gasteiger charge is -2.15. The zero-order valence-corrected chi connectivity index (χ0v) is 15.1. The van der Waals surface area contributed by atoms with E-state index in [0.717, 1.165) is 28.7 Å². The summed E-state index contributed by atoms with van der Waals surface area (Å²) in [7, 11) is 0. The van der Waals surface area contributed by atoms with Crippen LogP contribution in [-0.4, -0.2) is 18.7 Å². The first-order valence-corrected chi connectivity index (χ1v) is 9.39. The van der Waals surface area contributed by atoms with Crippen molar-refractivity contribution in [2.75, 3.05) is 17.7 Å². The summed E-state index contributed by atoms with van der Waals surface area (Å²) in [4.78, 5) is 15.9. The van der Waals surface area contributed by atoms with Crippen molar-refractivity contribution in [3.63, 3.8) is 0 Å². The summed E-state index contributed by atoms with van der Waals surface area (Å²) in [5, 5.41) is 0. The molecular formula is C18H18BrNOS. The summed E-state index contributed by atoms with van der Waals surface area (Å²) >= 11 is 5.26. The lowest BCUT2D eigenvalue weighted by Crippen LogP contribution is -2.29. The summed E-state index contributed by atoms with van der Waals surface area (Å²) in [5.74, 6) is 0.136. The van der Waals surface area contributed by atoms with Gasteiger partial charge in [0, 0.05) is 21.6 Å². The van der Waals surface area contributed by atoms with E-state index >= 15 is 0 Å². The van der Waals surface area contributed by atoms with Crippen LogP contribution in [0, 0.1) is 0 Å². The number of hydrogen-bond donors (Lipinski definition) is 0. The van der Waals surface area contributed by atoms with Gasteiger partial charge in [-0.25, -0.2) is 0 Å². The summed E-state index contributed by atoms with van der Waals surface area (Å²) in [5.41, 5.74) is 3.40. The first-order chi connectivity index (χ1) is 10.6. The molecule has 3 rings (SSSR count). The van der Waals surface area contributed by atoms with Gasteiger partial charge in [-0.2, -0.15) is 0 Å². The first kappa shape index (κ1) is 15.6. The number of hydrogen-bond acceptors (Lipinski definition) is 2. The second kappa shape index (κ2) is 6.47. The van der Waals surface area contributed by atoms with E-state index in [4.69, 9.17) is 0 Å². The van der Waals surface area contributed by atoms with Crippen LogP contribution >= 0.6 is 27.7 Å². The maximum absolute atomic E-state index is 12.7. The van der Waals surface area contributed by atoms with Gasteiger partial charge in [-0.05, 0) is 61.1 Å². The van der Waals surface area contributed by atoms with E-state index in [9.17, 15) is 4.79 Å². The van der Waals surface area contributed by atoms with Gasteiger partial charge in [0.15, 0.2) is 0 Å². The number of nitrogens with zero attached hydrogens (tertiary/aromatic N) is 1. The fourth-order valence-corrected chi connectivity index (χ4v) is 3.80. The fraction of sp³-hybridized carbons (Fsp3) is 0.278. The molecule has 0 fully saturated rings. The molecule has 0 aliphatic carbocycles. The Bertz CT molecular complexity index is 699. The Morgan fingerprint density at radius 3 is 2.55 bits per heavy atom. The molecule has 4 heteroatoms. The van der Waals surface area contributed by atoms with Crippen molar-refractivity contribution in [3.8, 4) is 0 Å². The quantitative estimate of drug-likeness (QED) is 0.710. The van der Waals surface area contributed by atoms with Crippen LogP contribution in [0.1, 0.15) is 24.0 Å². The number of thioether (sulfide) groups is 1. The molecule has 1 aliphatic heterocycles. The van der Waals surface area contributed by atoms with Crippen molar-refractivity contribution in [3.05, 3.63) is 58.1 Å². The van der Waals surface area contributed by atoms with E-state index < -0.39 is 0 Å². The highest BCUT2D eigenvalue weighted by Gasteiger charge is 2.36. The minimum Gasteiger partial charge on any atom is -0.312 e. The molecule has 0 bridgehead atoms. The molecule has 0 N–H and O–H groups in total. The number of amides is 1. The average molecular weight is 376 g/mol. The van der Waals surface area contributed by atoms with Gasteiger partial charge in [0.2, 0.25) is 5.91 Å². The molecule has 2 aromatic carbocycles. The van der Waals surface area contributed by atoms with Crippen LogP contribution in [0.5, 0.6) is 0 Å². The number of fused-ring (bicyclic) bond motifs is 1. The summed E-state index contributed by atoms with van der Waals surface area (Å²) in [6.45, 7) is 2.74. The van der Waals surface area contributed by atoms with E-state index in [1.807, 2.05) is 24.0 Å². The van der Waals surface area contributed by atoms with Gasteiger partial charge < -0.3 is 4.90 Å². The Balaban J connectivity index is 1.93. The van der Waals surface area contributed by atoms with Gasteiger partial charge in [0.25, 0.3) is 0 Å². The number of halogens is 1. The summed E-state index contributed by atoms with van der Waals surface area (Å²) in [6.07, 6.45) is 2.83. The monoisotopic (exact) mass is 375 g/mol. The average Bonchev–Trinajstić information content (AvgIpc) is 2.79. The SMILES string of the molecule is CCN1C(=O)C(Cc2ccc(SC)cc2)c2cc(Br)ccc21. The third-order valence-electron chi connectivity index (χ3n) is 4.14. The normalized spacial score (nSPS) is 17.0. The molecule has 1 heterocycles. The van der Waals surface area contributed by atoms with Crippen molar-refractivity contribution >= 4 is 39.3 Å². The molecular weight excluding hydrogens is 358 g/mol. The largest absolute Gasteiger partial charge is 0.312 e. The smallest absolute Gasteiger partial charge is 0.234 e. The highest BCUT2D eigenvalue weighted by atomic mass is 79.9. The van der Waals surface area contributed by atoms with E-state index in [1.54, 1.807) is 11.8 Å². The Morgan fingerprint density at radius 1 is 1.18 bits per heavy atom. The number of likely N-dealkylation sites (N-methyl/N-ethyl adjacent to an activating group) is 1. The number of carbonyl (C=O) groups excluding carboxylic acids is 1. The molecule has 0 saturated heterocycles. The van der Waals surface area contributed by atoms with Crippen LogP contribution in [0.15, 0.2) is 51.8 Å². The van der Waals surface area contributed by atoms with Crippen molar-refractivity contribution in [2.45, 2.75) is 24.2 Å². The van der Waals surface area contributed by atoms with Gasteiger partial charge in [-0.3, -0.25) is 4.79 Å². The number of benzene rings is 2. The van der Waals surface area contributed by atoms with E-state index in [2.05, 4.69) is 52.5 Å². The number of rotatable bonds is 4. The lowest BCUT2D eigenvalue weighted by molar-refractivity contribution is -0.119. The molecule has 2 aromatic rings. The molecule has 0 radical (unpaired) electrons. The third kappa shape index (κ3) is 2.82. The standard InChI is InChI=1S/C18H18BrNOS/c1-3-20-17-9-6-13(19)11-15(17)16(18(20)21)10-12-4-7-14(22-2)8-5-12/h4-9,11,16H,3,10H2,1-2H3. The molecule has 114 valence electrons. The highest BCUT2D eigenvalue weighted by Crippen LogP contribution is 2.40. The highest BCUT2D eigenvalue weighted by molar-refractivity contribution is 9.10. The van der Waals surface area contributed by atoms with Crippen LogP contribution in [0.2, 0.25) is 0 Å². The van der Waals surface area contributed by atoms with Crippen LogP contribution in [0.3, 0.4) is 0 Å². The summed E-state index contributed by atoms with van der Waals surface area (Å²) in [6, 6.07) is 14.6. The predicted octanol–water partition coefficient (Wildman–Crippen LogP) is 4.86. The number of carbonyl (C=O) groups is 1. The molecule has 1 amide bonds. The first-order valence-electron chi connectivity index (χ1n) is 7.37. The Hall–Kier alpha value is -1.26. The van der Waals surface area contributed by atoms with Crippen LogP contribution in [-0.2, 0) is 11.2 Å². The summed E-state index contributed by atoms with van der Waals surface area (Å²) < 4.78 is 1.03. The second-order valence-electron chi connectivity index (χ2n) is 5.39. The van der Waals surface area contributed by atoms with Crippen molar-refractivity contribution in [1.29, 1.82) is 0 Å². The molecule has 1 unspecified atom stereocenters. The molecule has 22 heavy (non-hydrogen) atoms. The Kier molecular flexibility index (Phi) is 4.59. The minimum absolute atomic E-state index is 0.0763. The van der Waals surface area contributed by atoms with E-state index in [0.29, 0.717) is 0 Å². The third-order valence-corrected chi connectivity index (χ3v) is 5.37. The molecule has 0 aromatic heterocycles. The zero-order valence-electron chi connectivity index (χ0n) is 12.7. The molecule has 0 spiro atoms. The maximum Gasteiger partial charge on any atom is 0.234 e. The van der Waals surface area contributed by atoms with Gasteiger partial charge in [0.05, 0.1) is 5.92 Å². The van der Waals surface area contributed by atoms with Crippen LogP contribution < -0.4 is 4.90 Å². The molecule has 1 atom stereocenters. The Morgan fingerprint density at radius 2 is 1.91 bits per heavy atom. The molecule has 0 saturated carbocycles. The molecule has 1 aliphatic rings. The predicted molar refractivity (Wildman–Crippen MR) is 96.8 cm³/mol. The van der Waals surface area contributed by atoms with Crippen LogP contribution in [0.25, 0.3) is 0 Å². The van der Waals surface area contributed by atoms with Gasteiger partial charge in [0.1, 0.15) is 0 Å². The van der Waals surface area contributed by atoms with Gasteiger partial charge >= 0.3 is 0 Å². The topological polar surface area (TPSA) is 20.3 Å². The van der Waals surface area contributed by atoms with E-state index in [1.165, 1.54) is 10.5 Å². The lowest BCUT2D eigenvalue weighted by atomic mass is 9.93. The zero-order chi connectivity index (χ0) is 15.7. The van der Waals surface area contributed by atoms with Crippen molar-refractivity contribution in [1.82, 2.24) is 0 Å². The number of anilines is 1. The van der Waals surface area contributed by atoms with Crippen molar-refractivity contribution < 1.29 is 4.79 Å². The second-order valence-corrected chi connectivity index (χ2v) is 7.19. The minimum atomic E-state index is -0.0763. The molecule has 2 nitrogen and oxygen atoms in total. The Labute approximate surface area is 144 Å². The maximum atomic E-state index is 12.7. The van der Waals surface area contributed by atoms with Gasteiger partial charge in [-0.15, -0.1) is 11.8 Å².